The summed E-state index contributed by atoms with van der Waals surface area (Å²) in [7, 11) is -1.44. The van der Waals surface area contributed by atoms with E-state index in [1.165, 1.54) is 21.8 Å². The van der Waals surface area contributed by atoms with Crippen LogP contribution in [0.25, 0.3) is 11.4 Å². The summed E-state index contributed by atoms with van der Waals surface area (Å²) in [6.45, 7) is 7.55. The van der Waals surface area contributed by atoms with E-state index < -0.39 is 9.84 Å². The van der Waals surface area contributed by atoms with Gasteiger partial charge in [-0.3, -0.25) is 9.69 Å². The number of benzene rings is 2. The summed E-state index contributed by atoms with van der Waals surface area (Å²) < 4.78 is 25.7. The maximum atomic E-state index is 12.7. The van der Waals surface area contributed by atoms with E-state index in [9.17, 15) is 13.2 Å². The number of rotatable bonds is 9. The molecule has 1 amide bonds. The molecule has 1 aliphatic heterocycles. The second-order valence-corrected chi connectivity index (χ2v) is 13.4. The first kappa shape index (κ1) is 27.1. The van der Waals surface area contributed by atoms with Crippen LogP contribution in [0.15, 0.2) is 53.4 Å². The number of fused-ring (bicyclic) bond motifs is 1. The molecule has 2 aromatic heterocycles. The summed E-state index contributed by atoms with van der Waals surface area (Å²) in [5.74, 6) is 0.943. The van der Waals surface area contributed by atoms with Gasteiger partial charge in [0.05, 0.1) is 28.8 Å². The zero-order chi connectivity index (χ0) is 27.7. The third kappa shape index (κ3) is 5.77. The fraction of sp³-hybridized carbons (Fsp3) is 0.370. The second-order valence-electron chi connectivity index (χ2n) is 10.0. The average Bonchev–Trinajstić information content (AvgIpc) is 3.58. The molecule has 2 aromatic carbocycles. The monoisotopic (exact) mass is 565 g/mol. The standard InChI is InChI=1S/C27H31N7O3S2/c1-5-39(36,37)21-12-8-18(9-13-21)14-23(35)28-27-29-24-22(38-27)16-34(25(24)17(2)3)15-19-6-10-20(11-7-19)26-30-31-32-33(26)4/h6-13,17,25H,5,14-16H2,1-4H3,(H,28,29,35)/t25-/m0/s1. The van der Waals surface area contributed by atoms with Gasteiger partial charge in [-0.25, -0.2) is 18.1 Å². The highest BCUT2D eigenvalue weighted by Crippen LogP contribution is 2.43. The Morgan fingerprint density at radius 2 is 1.79 bits per heavy atom. The molecule has 0 unspecified atom stereocenters. The van der Waals surface area contributed by atoms with Gasteiger partial charge in [0, 0.05) is 30.6 Å². The molecule has 0 saturated heterocycles. The van der Waals surface area contributed by atoms with Crippen molar-refractivity contribution in [2.45, 2.75) is 51.2 Å². The number of tetrazole rings is 1. The van der Waals surface area contributed by atoms with Gasteiger partial charge in [0.25, 0.3) is 0 Å². The lowest BCUT2D eigenvalue weighted by Crippen LogP contribution is -2.26. The normalized spacial score (nSPS) is 15.6. The van der Waals surface area contributed by atoms with E-state index >= 15 is 0 Å². The molecule has 0 radical (unpaired) electrons. The topological polar surface area (TPSA) is 123 Å². The van der Waals surface area contributed by atoms with Crippen molar-refractivity contribution in [2.24, 2.45) is 13.0 Å². The molecule has 0 fully saturated rings. The Balaban J connectivity index is 1.23. The van der Waals surface area contributed by atoms with Crippen LogP contribution in [0.4, 0.5) is 5.13 Å². The number of carbonyl (C=O) groups is 1. The van der Waals surface area contributed by atoms with Gasteiger partial charge in [0.2, 0.25) is 5.91 Å². The third-order valence-corrected chi connectivity index (χ3v) is 9.59. The Kier molecular flexibility index (Phi) is 7.61. The van der Waals surface area contributed by atoms with Gasteiger partial charge in [0.1, 0.15) is 0 Å². The summed E-state index contributed by atoms with van der Waals surface area (Å²) in [6.07, 6.45) is 0.150. The molecule has 39 heavy (non-hydrogen) atoms. The number of sulfone groups is 1. The SMILES string of the molecule is CCS(=O)(=O)c1ccc(CC(=O)Nc2nc3c(s2)CN(Cc2ccc(-c4nnnn4C)cc2)[C@H]3C(C)C)cc1. The minimum absolute atomic E-state index is 0.0460. The predicted molar refractivity (Wildman–Crippen MR) is 150 cm³/mol. The second kappa shape index (κ2) is 10.9. The number of thiazole rings is 1. The van der Waals surface area contributed by atoms with Crippen molar-refractivity contribution < 1.29 is 13.2 Å². The van der Waals surface area contributed by atoms with Crippen molar-refractivity contribution in [1.29, 1.82) is 0 Å². The number of nitrogens with zero attached hydrogens (tertiary/aromatic N) is 6. The molecule has 1 N–H and O–H groups in total. The molecular weight excluding hydrogens is 534 g/mol. The molecule has 4 aromatic rings. The van der Waals surface area contributed by atoms with Crippen LogP contribution in [-0.2, 0) is 41.2 Å². The number of carbonyl (C=O) groups excluding carboxylic acids is 1. The smallest absolute Gasteiger partial charge is 0.230 e. The van der Waals surface area contributed by atoms with Crippen LogP contribution in [0.2, 0.25) is 0 Å². The van der Waals surface area contributed by atoms with E-state index in [0.717, 1.165) is 35.7 Å². The van der Waals surface area contributed by atoms with E-state index in [2.05, 4.69) is 51.7 Å². The number of hydrogen-bond donors (Lipinski definition) is 1. The Bertz CT molecular complexity index is 1580. The molecular formula is C27H31N7O3S2. The van der Waals surface area contributed by atoms with E-state index in [1.807, 2.05) is 19.2 Å². The lowest BCUT2D eigenvalue weighted by atomic mass is 10.0. The molecule has 12 heteroatoms. The first-order chi connectivity index (χ1) is 18.6. The minimum atomic E-state index is -3.26. The number of aryl methyl sites for hydroxylation is 1. The summed E-state index contributed by atoms with van der Waals surface area (Å²) >= 11 is 1.52. The van der Waals surface area contributed by atoms with Gasteiger partial charge >= 0.3 is 0 Å². The maximum absolute atomic E-state index is 12.7. The number of nitrogens with one attached hydrogen (secondary N) is 1. The quantitative estimate of drug-likeness (QED) is 0.323. The number of aromatic nitrogens is 5. The van der Waals surface area contributed by atoms with E-state index in [4.69, 9.17) is 4.98 Å². The van der Waals surface area contributed by atoms with Crippen LogP contribution in [0.3, 0.4) is 0 Å². The Hall–Kier alpha value is -3.48. The highest BCUT2D eigenvalue weighted by molar-refractivity contribution is 7.91. The summed E-state index contributed by atoms with van der Waals surface area (Å²) in [5, 5.41) is 15.2. The molecule has 3 heterocycles. The molecule has 0 spiro atoms. The van der Waals surface area contributed by atoms with Crippen molar-refractivity contribution >= 4 is 32.2 Å². The van der Waals surface area contributed by atoms with Crippen molar-refractivity contribution in [3.05, 3.63) is 70.2 Å². The predicted octanol–water partition coefficient (Wildman–Crippen LogP) is 4.02. The lowest BCUT2D eigenvalue weighted by molar-refractivity contribution is -0.115. The van der Waals surface area contributed by atoms with E-state index in [0.29, 0.717) is 11.0 Å². The Labute approximate surface area is 232 Å². The minimum Gasteiger partial charge on any atom is -0.302 e. The molecule has 0 bridgehead atoms. The first-order valence-electron chi connectivity index (χ1n) is 12.8. The largest absolute Gasteiger partial charge is 0.302 e. The fourth-order valence-electron chi connectivity index (χ4n) is 4.91. The first-order valence-corrected chi connectivity index (χ1v) is 15.3. The highest BCUT2D eigenvalue weighted by Gasteiger charge is 2.36. The summed E-state index contributed by atoms with van der Waals surface area (Å²) in [4.78, 5) is 21.4. The van der Waals surface area contributed by atoms with Gasteiger partial charge in [-0.05, 0) is 39.6 Å². The van der Waals surface area contributed by atoms with Crippen LogP contribution < -0.4 is 5.32 Å². The molecule has 0 saturated carbocycles. The van der Waals surface area contributed by atoms with Crippen LogP contribution in [0, 0.1) is 5.92 Å². The van der Waals surface area contributed by atoms with Gasteiger partial charge in [0.15, 0.2) is 20.8 Å². The molecule has 204 valence electrons. The molecule has 1 atom stereocenters. The van der Waals surface area contributed by atoms with Crippen molar-refractivity contribution in [3.63, 3.8) is 0 Å². The summed E-state index contributed by atoms with van der Waals surface area (Å²) in [6, 6.07) is 14.9. The summed E-state index contributed by atoms with van der Waals surface area (Å²) in [5.41, 5.74) is 3.94. The van der Waals surface area contributed by atoms with Crippen LogP contribution in [0.5, 0.6) is 0 Å². The third-order valence-electron chi connectivity index (χ3n) is 6.87. The van der Waals surface area contributed by atoms with Gasteiger partial charge in [-0.15, -0.1) is 16.4 Å². The van der Waals surface area contributed by atoms with E-state index in [-0.39, 0.29) is 29.0 Å². The number of anilines is 1. The number of hydrogen-bond acceptors (Lipinski definition) is 9. The average molecular weight is 566 g/mol. The Morgan fingerprint density at radius 1 is 1.10 bits per heavy atom. The molecule has 0 aliphatic carbocycles. The van der Waals surface area contributed by atoms with Crippen LogP contribution in [-0.4, -0.2) is 50.2 Å². The van der Waals surface area contributed by atoms with Gasteiger partial charge in [-0.2, -0.15) is 0 Å². The molecule has 1 aliphatic rings. The van der Waals surface area contributed by atoms with Gasteiger partial charge in [-0.1, -0.05) is 57.2 Å². The van der Waals surface area contributed by atoms with Crippen molar-refractivity contribution in [3.8, 4) is 11.4 Å². The van der Waals surface area contributed by atoms with Crippen LogP contribution in [0.1, 0.15) is 48.5 Å². The zero-order valence-corrected chi connectivity index (χ0v) is 24.0. The van der Waals surface area contributed by atoms with Crippen molar-refractivity contribution in [1.82, 2.24) is 30.1 Å². The molecule has 5 rings (SSSR count). The van der Waals surface area contributed by atoms with E-state index in [1.54, 1.807) is 35.9 Å². The van der Waals surface area contributed by atoms with Crippen molar-refractivity contribution in [2.75, 3.05) is 11.1 Å². The highest BCUT2D eigenvalue weighted by atomic mass is 32.2. The number of amides is 1. The fourth-order valence-corrected chi connectivity index (χ4v) is 6.83. The Morgan fingerprint density at radius 3 is 2.41 bits per heavy atom. The lowest BCUT2D eigenvalue weighted by Gasteiger charge is -2.27. The molecule has 10 nitrogen and oxygen atoms in total. The van der Waals surface area contributed by atoms with Crippen LogP contribution >= 0.6 is 11.3 Å². The van der Waals surface area contributed by atoms with Gasteiger partial charge < -0.3 is 5.32 Å². The zero-order valence-electron chi connectivity index (χ0n) is 22.3. The maximum Gasteiger partial charge on any atom is 0.230 e.